The monoisotopic (exact) mass is 260 g/mol. The molecule has 1 aromatic carbocycles. The molecule has 0 N–H and O–H groups in total. The van der Waals surface area contributed by atoms with Crippen LogP contribution >= 0.6 is 11.3 Å². The number of thiophene rings is 1. The third kappa shape index (κ3) is 2.84. The molecule has 18 heavy (non-hydrogen) atoms. The van der Waals surface area contributed by atoms with Gasteiger partial charge in [-0.2, -0.15) is 0 Å². The molecule has 1 aromatic heterocycles. The molecule has 3 nitrogen and oxygen atoms in total. The van der Waals surface area contributed by atoms with E-state index in [1.54, 1.807) is 0 Å². The molecule has 0 aliphatic rings. The third-order valence-electron chi connectivity index (χ3n) is 2.51. The van der Waals surface area contributed by atoms with Crippen molar-refractivity contribution in [3.63, 3.8) is 0 Å². The third-order valence-corrected chi connectivity index (χ3v) is 3.49. The molecule has 0 saturated heterocycles. The summed E-state index contributed by atoms with van der Waals surface area (Å²) in [4.78, 5) is 23.4. The molecule has 2 rings (SSSR count). The SMILES string of the molecule is COC(=O)CC(=O)c1cc(-c2ccccc2)cs1. The lowest BCUT2D eigenvalue weighted by Gasteiger charge is -1.96. The summed E-state index contributed by atoms with van der Waals surface area (Å²) in [5.74, 6) is -0.705. The summed E-state index contributed by atoms with van der Waals surface area (Å²) >= 11 is 1.35. The van der Waals surface area contributed by atoms with Gasteiger partial charge in [-0.05, 0) is 22.6 Å². The summed E-state index contributed by atoms with van der Waals surface area (Å²) in [7, 11) is 1.28. The number of hydrogen-bond acceptors (Lipinski definition) is 4. The van der Waals surface area contributed by atoms with E-state index < -0.39 is 5.97 Å². The fourth-order valence-corrected chi connectivity index (χ4v) is 2.41. The normalized spacial score (nSPS) is 10.1. The van der Waals surface area contributed by atoms with Crippen molar-refractivity contribution >= 4 is 23.1 Å². The van der Waals surface area contributed by atoms with Gasteiger partial charge in [-0.3, -0.25) is 9.59 Å². The van der Waals surface area contributed by atoms with Crippen molar-refractivity contribution in [3.05, 3.63) is 46.7 Å². The summed E-state index contributed by atoms with van der Waals surface area (Å²) in [6.07, 6.45) is -0.203. The number of hydrogen-bond donors (Lipinski definition) is 0. The lowest BCUT2D eigenvalue weighted by Crippen LogP contribution is -2.08. The maximum absolute atomic E-state index is 11.8. The minimum Gasteiger partial charge on any atom is -0.469 e. The van der Waals surface area contributed by atoms with Crippen LogP contribution in [0.5, 0.6) is 0 Å². The van der Waals surface area contributed by atoms with Crippen molar-refractivity contribution < 1.29 is 14.3 Å². The number of ketones is 1. The van der Waals surface area contributed by atoms with Gasteiger partial charge in [0.1, 0.15) is 6.42 Å². The quantitative estimate of drug-likeness (QED) is 0.482. The van der Waals surface area contributed by atoms with Crippen molar-refractivity contribution in [3.8, 4) is 11.1 Å². The second kappa shape index (κ2) is 5.60. The van der Waals surface area contributed by atoms with E-state index in [0.29, 0.717) is 4.88 Å². The predicted molar refractivity (Wildman–Crippen MR) is 70.7 cm³/mol. The van der Waals surface area contributed by atoms with Gasteiger partial charge in [-0.1, -0.05) is 30.3 Å². The Kier molecular flexibility index (Phi) is 3.89. The van der Waals surface area contributed by atoms with Gasteiger partial charge in [-0.15, -0.1) is 11.3 Å². The van der Waals surface area contributed by atoms with Gasteiger partial charge in [0.25, 0.3) is 0 Å². The van der Waals surface area contributed by atoms with E-state index in [-0.39, 0.29) is 12.2 Å². The summed E-state index contributed by atoms with van der Waals surface area (Å²) in [5.41, 5.74) is 2.06. The first kappa shape index (κ1) is 12.5. The van der Waals surface area contributed by atoms with Crippen LogP contribution in [0.3, 0.4) is 0 Å². The van der Waals surface area contributed by atoms with Gasteiger partial charge >= 0.3 is 5.97 Å². The average Bonchev–Trinajstić information content (AvgIpc) is 2.89. The molecule has 0 fully saturated rings. The van der Waals surface area contributed by atoms with E-state index in [9.17, 15) is 9.59 Å². The van der Waals surface area contributed by atoms with Gasteiger partial charge < -0.3 is 4.74 Å². The van der Waals surface area contributed by atoms with Crippen LogP contribution in [0.25, 0.3) is 11.1 Å². The van der Waals surface area contributed by atoms with Gasteiger partial charge in [0.2, 0.25) is 0 Å². The highest BCUT2D eigenvalue weighted by molar-refractivity contribution is 7.12. The topological polar surface area (TPSA) is 43.4 Å². The number of benzene rings is 1. The molecule has 0 saturated carbocycles. The largest absolute Gasteiger partial charge is 0.469 e. The number of Topliss-reactive ketones (excluding diaryl/α,β-unsaturated/α-hetero) is 1. The molecule has 4 heteroatoms. The Balaban J connectivity index is 2.16. The second-order valence-corrected chi connectivity index (χ2v) is 4.65. The summed E-state index contributed by atoms with van der Waals surface area (Å²) in [6, 6.07) is 11.6. The van der Waals surface area contributed by atoms with Crippen LogP contribution < -0.4 is 0 Å². The molecule has 0 bridgehead atoms. The molecule has 1 heterocycles. The number of ether oxygens (including phenoxy) is 1. The molecule has 0 aliphatic heterocycles. The van der Waals surface area contributed by atoms with Crippen molar-refractivity contribution in [1.82, 2.24) is 0 Å². The molecule has 92 valence electrons. The molecule has 2 aromatic rings. The Bertz CT molecular complexity index is 557. The second-order valence-electron chi connectivity index (χ2n) is 3.74. The lowest BCUT2D eigenvalue weighted by molar-refractivity contribution is -0.139. The zero-order valence-electron chi connectivity index (χ0n) is 9.88. The maximum atomic E-state index is 11.8. The highest BCUT2D eigenvalue weighted by Gasteiger charge is 2.14. The summed E-state index contributed by atoms with van der Waals surface area (Å²) in [5, 5.41) is 1.92. The average molecular weight is 260 g/mol. The fraction of sp³-hybridized carbons (Fsp3) is 0.143. The van der Waals surface area contributed by atoms with Crippen molar-refractivity contribution in [2.45, 2.75) is 6.42 Å². The van der Waals surface area contributed by atoms with Crippen molar-refractivity contribution in [2.75, 3.05) is 7.11 Å². The smallest absolute Gasteiger partial charge is 0.313 e. The van der Waals surface area contributed by atoms with Crippen LogP contribution in [0.2, 0.25) is 0 Å². The zero-order valence-corrected chi connectivity index (χ0v) is 10.7. The van der Waals surface area contributed by atoms with E-state index in [2.05, 4.69) is 4.74 Å². The van der Waals surface area contributed by atoms with Crippen LogP contribution in [-0.2, 0) is 9.53 Å². The molecular weight excluding hydrogens is 248 g/mol. The van der Waals surface area contributed by atoms with Crippen molar-refractivity contribution in [2.24, 2.45) is 0 Å². The number of esters is 1. The first-order valence-electron chi connectivity index (χ1n) is 5.44. The molecule has 0 amide bonds. The van der Waals surface area contributed by atoms with Crippen LogP contribution in [-0.4, -0.2) is 18.9 Å². The Morgan fingerprint density at radius 1 is 1.17 bits per heavy atom. The maximum Gasteiger partial charge on any atom is 0.313 e. The lowest BCUT2D eigenvalue weighted by atomic mass is 10.1. The molecule has 0 unspecified atom stereocenters. The molecule has 0 atom stereocenters. The predicted octanol–water partition coefficient (Wildman–Crippen LogP) is 3.16. The summed E-state index contributed by atoms with van der Waals surface area (Å²) < 4.78 is 4.48. The van der Waals surface area contributed by atoms with E-state index in [1.165, 1.54) is 18.4 Å². The van der Waals surface area contributed by atoms with Crippen LogP contribution in [0.1, 0.15) is 16.1 Å². The standard InChI is InChI=1S/C14H12O3S/c1-17-14(16)8-12(15)13-7-11(9-18-13)10-5-3-2-4-6-10/h2-7,9H,8H2,1H3. The highest BCUT2D eigenvalue weighted by Crippen LogP contribution is 2.26. The molecular formula is C14H12O3S. The first-order chi connectivity index (χ1) is 8.70. The van der Waals surface area contributed by atoms with Crippen LogP contribution in [0.4, 0.5) is 0 Å². The Hall–Kier alpha value is -1.94. The number of methoxy groups -OCH3 is 1. The van der Waals surface area contributed by atoms with E-state index in [4.69, 9.17) is 0 Å². The van der Waals surface area contributed by atoms with Gasteiger partial charge in [-0.25, -0.2) is 0 Å². The molecule has 0 radical (unpaired) electrons. The Morgan fingerprint density at radius 2 is 1.89 bits per heavy atom. The minimum atomic E-state index is -0.505. The Labute approximate surface area is 109 Å². The minimum absolute atomic E-state index is 0.200. The fourth-order valence-electron chi connectivity index (χ4n) is 1.55. The van der Waals surface area contributed by atoms with E-state index in [0.717, 1.165) is 11.1 Å². The highest BCUT2D eigenvalue weighted by atomic mass is 32.1. The summed E-state index contributed by atoms with van der Waals surface area (Å²) in [6.45, 7) is 0. The number of rotatable bonds is 4. The van der Waals surface area contributed by atoms with Gasteiger partial charge in [0, 0.05) is 0 Å². The van der Waals surface area contributed by atoms with Crippen molar-refractivity contribution in [1.29, 1.82) is 0 Å². The van der Waals surface area contributed by atoms with Gasteiger partial charge in [0.05, 0.1) is 12.0 Å². The van der Waals surface area contributed by atoms with E-state index in [1.807, 2.05) is 41.8 Å². The van der Waals surface area contributed by atoms with Crippen LogP contribution in [0, 0.1) is 0 Å². The van der Waals surface area contributed by atoms with Crippen LogP contribution in [0.15, 0.2) is 41.8 Å². The van der Waals surface area contributed by atoms with E-state index >= 15 is 0 Å². The van der Waals surface area contributed by atoms with Gasteiger partial charge in [0.15, 0.2) is 5.78 Å². The first-order valence-corrected chi connectivity index (χ1v) is 6.32. The Morgan fingerprint density at radius 3 is 2.56 bits per heavy atom. The molecule has 0 spiro atoms. The number of carbonyl (C=O) groups excluding carboxylic acids is 2. The number of carbonyl (C=O) groups is 2. The zero-order chi connectivity index (χ0) is 13.0. The molecule has 0 aliphatic carbocycles.